The van der Waals surface area contributed by atoms with Crippen LogP contribution in [0.4, 0.5) is 4.39 Å². The smallest absolute Gasteiger partial charge is 0.173 e. The minimum Gasteiger partial charge on any atom is -0.301 e. The fourth-order valence-corrected chi connectivity index (χ4v) is 3.81. The van der Waals surface area contributed by atoms with E-state index in [1.165, 1.54) is 6.07 Å². The maximum absolute atomic E-state index is 14.8. The third kappa shape index (κ3) is 3.95. The van der Waals surface area contributed by atoms with Crippen molar-refractivity contribution in [3.63, 3.8) is 0 Å². The van der Waals surface area contributed by atoms with E-state index in [9.17, 15) is 4.39 Å². The largest absolute Gasteiger partial charge is 0.301 e. The zero-order valence-electron chi connectivity index (χ0n) is 16.1. The summed E-state index contributed by atoms with van der Waals surface area (Å²) < 4.78 is 16.6. The third-order valence-electron chi connectivity index (χ3n) is 5.40. The van der Waals surface area contributed by atoms with Crippen LogP contribution in [0.15, 0.2) is 54.6 Å². The predicted molar refractivity (Wildman–Crippen MR) is 105 cm³/mol. The zero-order valence-corrected chi connectivity index (χ0v) is 16.1. The van der Waals surface area contributed by atoms with Crippen molar-refractivity contribution in [2.75, 3.05) is 32.7 Å². The molecule has 0 unspecified atom stereocenters. The van der Waals surface area contributed by atoms with Gasteiger partial charge in [0, 0.05) is 31.7 Å². The molecule has 7 heteroatoms. The Kier molecular flexibility index (Phi) is 5.73. The van der Waals surface area contributed by atoms with E-state index in [-0.39, 0.29) is 11.9 Å². The molecule has 0 spiro atoms. The van der Waals surface area contributed by atoms with E-state index in [1.807, 2.05) is 42.5 Å². The van der Waals surface area contributed by atoms with Crippen LogP contribution in [-0.4, -0.2) is 62.7 Å². The number of halogens is 1. The molecule has 1 atom stereocenters. The number of hydrogen-bond acceptors (Lipinski definition) is 5. The van der Waals surface area contributed by atoms with E-state index in [2.05, 4.69) is 32.2 Å². The summed E-state index contributed by atoms with van der Waals surface area (Å²) in [7, 11) is 0. The number of benzene rings is 2. The Morgan fingerprint density at radius 3 is 2.39 bits per heavy atom. The highest BCUT2D eigenvalue weighted by atomic mass is 19.1. The van der Waals surface area contributed by atoms with Gasteiger partial charge in [0.15, 0.2) is 5.82 Å². The highest BCUT2D eigenvalue weighted by Gasteiger charge is 2.32. The van der Waals surface area contributed by atoms with Crippen molar-refractivity contribution in [3.05, 3.63) is 77.4 Å². The zero-order chi connectivity index (χ0) is 19.3. The molecule has 28 heavy (non-hydrogen) atoms. The lowest BCUT2D eigenvalue weighted by Gasteiger charge is -2.38. The van der Waals surface area contributed by atoms with Gasteiger partial charge in [0.2, 0.25) is 0 Å². The Hall–Kier alpha value is -2.64. The van der Waals surface area contributed by atoms with Crippen LogP contribution < -0.4 is 0 Å². The van der Waals surface area contributed by atoms with Crippen molar-refractivity contribution in [2.24, 2.45) is 0 Å². The van der Waals surface area contributed by atoms with E-state index < -0.39 is 0 Å². The lowest BCUT2D eigenvalue weighted by molar-refractivity contribution is 0.107. The maximum atomic E-state index is 14.8. The molecule has 146 valence electrons. The van der Waals surface area contributed by atoms with Gasteiger partial charge >= 0.3 is 0 Å². The van der Waals surface area contributed by atoms with Gasteiger partial charge in [-0.15, -0.1) is 5.10 Å². The van der Waals surface area contributed by atoms with E-state index in [1.54, 1.807) is 10.7 Å². The summed E-state index contributed by atoms with van der Waals surface area (Å²) in [6.07, 6.45) is 0. The Bertz CT molecular complexity index is 889. The van der Waals surface area contributed by atoms with Gasteiger partial charge in [0.25, 0.3) is 0 Å². The van der Waals surface area contributed by atoms with Crippen molar-refractivity contribution in [1.82, 2.24) is 30.0 Å². The van der Waals surface area contributed by atoms with Crippen LogP contribution in [0.1, 0.15) is 29.9 Å². The minimum absolute atomic E-state index is 0.223. The first kappa shape index (κ1) is 18.7. The van der Waals surface area contributed by atoms with E-state index in [0.29, 0.717) is 17.9 Å². The average molecular weight is 380 g/mol. The Labute approximate surface area is 164 Å². The normalized spacial score (nSPS) is 16.9. The highest BCUT2D eigenvalue weighted by molar-refractivity contribution is 5.27. The number of aromatic nitrogens is 4. The molecule has 0 N–H and O–H groups in total. The molecule has 0 radical (unpaired) electrons. The molecular formula is C21H25FN6. The summed E-state index contributed by atoms with van der Waals surface area (Å²) in [6.45, 7) is 7.39. The van der Waals surface area contributed by atoms with Crippen molar-refractivity contribution in [1.29, 1.82) is 0 Å². The van der Waals surface area contributed by atoms with E-state index in [0.717, 1.165) is 38.3 Å². The Balaban J connectivity index is 1.69. The van der Waals surface area contributed by atoms with Crippen molar-refractivity contribution in [2.45, 2.75) is 19.5 Å². The second kappa shape index (κ2) is 8.58. The summed E-state index contributed by atoms with van der Waals surface area (Å²) in [5.41, 5.74) is 1.73. The lowest BCUT2D eigenvalue weighted by Crippen LogP contribution is -2.48. The quantitative estimate of drug-likeness (QED) is 0.658. The van der Waals surface area contributed by atoms with Crippen molar-refractivity contribution in [3.8, 4) is 0 Å². The fraction of sp³-hybridized carbons (Fsp3) is 0.381. The van der Waals surface area contributed by atoms with Crippen molar-refractivity contribution >= 4 is 0 Å². The van der Waals surface area contributed by atoms with Crippen LogP contribution in [0.2, 0.25) is 0 Å². The molecule has 0 saturated carbocycles. The van der Waals surface area contributed by atoms with Gasteiger partial charge in [-0.25, -0.2) is 9.07 Å². The molecular weight excluding hydrogens is 355 g/mol. The van der Waals surface area contributed by atoms with Gasteiger partial charge in [-0.2, -0.15) is 0 Å². The van der Waals surface area contributed by atoms with Gasteiger partial charge in [-0.1, -0.05) is 55.5 Å². The lowest BCUT2D eigenvalue weighted by atomic mass is 10.0. The summed E-state index contributed by atoms with van der Waals surface area (Å²) >= 11 is 0. The molecule has 0 amide bonds. The molecule has 6 nitrogen and oxygen atoms in total. The van der Waals surface area contributed by atoms with Gasteiger partial charge in [0.05, 0.1) is 6.54 Å². The van der Waals surface area contributed by atoms with Crippen LogP contribution >= 0.6 is 0 Å². The standard InChI is InChI=1S/C21H25FN6/c1-2-26-12-14-27(15-13-26)20(18-10-6-7-11-19(18)22)21-23-24-25-28(21)16-17-8-4-3-5-9-17/h3-11,20H,2,12-16H2,1H3/t20-/m0/s1. The summed E-state index contributed by atoms with van der Waals surface area (Å²) in [6, 6.07) is 16.7. The molecule has 1 aliphatic rings. The van der Waals surface area contributed by atoms with E-state index in [4.69, 9.17) is 0 Å². The molecule has 0 aliphatic carbocycles. The second-order valence-corrected chi connectivity index (χ2v) is 7.07. The third-order valence-corrected chi connectivity index (χ3v) is 5.40. The van der Waals surface area contributed by atoms with Crippen LogP contribution in [0.3, 0.4) is 0 Å². The van der Waals surface area contributed by atoms with Crippen LogP contribution in [-0.2, 0) is 6.54 Å². The monoisotopic (exact) mass is 380 g/mol. The SMILES string of the molecule is CCN1CCN([C@@H](c2ccccc2F)c2nnnn2Cc2ccccc2)CC1. The molecule has 1 aliphatic heterocycles. The summed E-state index contributed by atoms with van der Waals surface area (Å²) in [5.74, 6) is 0.457. The second-order valence-electron chi connectivity index (χ2n) is 7.07. The van der Waals surface area contributed by atoms with Crippen LogP contribution in [0, 0.1) is 5.82 Å². The van der Waals surface area contributed by atoms with Gasteiger partial charge in [0.1, 0.15) is 11.9 Å². The van der Waals surface area contributed by atoms with E-state index >= 15 is 0 Å². The first-order valence-electron chi connectivity index (χ1n) is 9.77. The number of nitrogens with zero attached hydrogens (tertiary/aromatic N) is 6. The first-order valence-corrected chi connectivity index (χ1v) is 9.77. The number of likely N-dealkylation sites (N-methyl/N-ethyl adjacent to an activating group) is 1. The molecule has 4 rings (SSSR count). The molecule has 1 saturated heterocycles. The predicted octanol–water partition coefficient (Wildman–Crippen LogP) is 2.59. The molecule has 1 aromatic heterocycles. The van der Waals surface area contributed by atoms with Crippen LogP contribution in [0.25, 0.3) is 0 Å². The Morgan fingerprint density at radius 2 is 1.68 bits per heavy atom. The Morgan fingerprint density at radius 1 is 0.964 bits per heavy atom. The number of piperazine rings is 1. The van der Waals surface area contributed by atoms with Crippen molar-refractivity contribution < 1.29 is 4.39 Å². The number of rotatable bonds is 6. The maximum Gasteiger partial charge on any atom is 0.173 e. The summed E-state index contributed by atoms with van der Waals surface area (Å²) in [5, 5.41) is 12.5. The van der Waals surface area contributed by atoms with Gasteiger partial charge in [-0.3, -0.25) is 4.90 Å². The van der Waals surface area contributed by atoms with Gasteiger partial charge in [-0.05, 0) is 28.6 Å². The average Bonchev–Trinajstić information content (AvgIpc) is 3.18. The molecule has 0 bridgehead atoms. The molecule has 2 heterocycles. The molecule has 2 aromatic carbocycles. The molecule has 1 fully saturated rings. The summed E-state index contributed by atoms with van der Waals surface area (Å²) in [4.78, 5) is 4.69. The topological polar surface area (TPSA) is 50.1 Å². The number of hydrogen-bond donors (Lipinski definition) is 0. The van der Waals surface area contributed by atoms with Gasteiger partial charge < -0.3 is 4.90 Å². The van der Waals surface area contributed by atoms with Crippen LogP contribution in [0.5, 0.6) is 0 Å². The fourth-order valence-electron chi connectivity index (χ4n) is 3.81. The number of tetrazole rings is 1. The molecule has 3 aromatic rings. The highest BCUT2D eigenvalue weighted by Crippen LogP contribution is 2.30. The minimum atomic E-state index is -0.307. The first-order chi connectivity index (χ1) is 13.8.